The van der Waals surface area contributed by atoms with Gasteiger partial charge in [0.1, 0.15) is 0 Å². The zero-order valence-corrected chi connectivity index (χ0v) is 12.3. The van der Waals surface area contributed by atoms with Gasteiger partial charge in [0.05, 0.1) is 0 Å². The van der Waals surface area contributed by atoms with Gasteiger partial charge in [0.25, 0.3) is 5.56 Å². The topological polar surface area (TPSA) is 39.1 Å². The fourth-order valence-corrected chi connectivity index (χ4v) is 2.95. The lowest BCUT2D eigenvalue weighted by Crippen LogP contribution is -2.31. The van der Waals surface area contributed by atoms with Crippen LogP contribution in [0.2, 0.25) is 0 Å². The molecule has 0 fully saturated rings. The van der Waals surface area contributed by atoms with E-state index < -0.39 is 0 Å². The van der Waals surface area contributed by atoms with Crippen LogP contribution in [-0.2, 0) is 24.1 Å². The molecule has 1 aliphatic rings. The summed E-state index contributed by atoms with van der Waals surface area (Å²) >= 11 is 5.38. The van der Waals surface area contributed by atoms with Crippen LogP contribution in [0.15, 0.2) is 10.9 Å². The second-order valence-electron chi connectivity index (χ2n) is 5.47. The summed E-state index contributed by atoms with van der Waals surface area (Å²) in [5.74, 6) is 0. The van der Waals surface area contributed by atoms with Gasteiger partial charge in [0, 0.05) is 23.7 Å². The van der Waals surface area contributed by atoms with Crippen LogP contribution in [0, 0.1) is 0 Å². The van der Waals surface area contributed by atoms with Gasteiger partial charge in [-0.25, -0.2) is 0 Å². The van der Waals surface area contributed by atoms with E-state index in [1.807, 2.05) is 24.5 Å². The summed E-state index contributed by atoms with van der Waals surface area (Å²) in [6.07, 6.45) is 5.02. The van der Waals surface area contributed by atoms with E-state index in [9.17, 15) is 9.59 Å². The van der Waals surface area contributed by atoms with E-state index in [2.05, 4.69) is 0 Å². The minimum atomic E-state index is -0.381. The molecule has 0 aliphatic heterocycles. The molecule has 4 heteroatoms. The Labute approximate surface area is 118 Å². The van der Waals surface area contributed by atoms with Crippen LogP contribution in [0.5, 0.6) is 0 Å². The van der Waals surface area contributed by atoms with E-state index in [1.165, 1.54) is 17.7 Å². The number of rotatable bonds is 4. The van der Waals surface area contributed by atoms with Crippen molar-refractivity contribution in [3.05, 3.63) is 33.2 Å². The zero-order chi connectivity index (χ0) is 14.0. The largest absolute Gasteiger partial charge is 0.310 e. The first-order chi connectivity index (χ1) is 9.00. The highest BCUT2D eigenvalue weighted by molar-refractivity contribution is 6.63. The van der Waals surface area contributed by atoms with Crippen LogP contribution in [-0.4, -0.2) is 9.81 Å². The molecule has 0 saturated heterocycles. The molecule has 3 nitrogen and oxygen atoms in total. The van der Waals surface area contributed by atoms with Gasteiger partial charge in [0.15, 0.2) is 0 Å². The summed E-state index contributed by atoms with van der Waals surface area (Å²) in [4.78, 5) is 23.4. The average molecular weight is 282 g/mol. The number of hydrogen-bond acceptors (Lipinski definition) is 2. The second kappa shape index (κ2) is 5.91. The lowest BCUT2D eigenvalue weighted by atomic mass is 9.93. The van der Waals surface area contributed by atoms with Gasteiger partial charge in [-0.05, 0) is 69.2 Å². The maximum atomic E-state index is 12.5. The van der Waals surface area contributed by atoms with Gasteiger partial charge < -0.3 is 4.57 Å². The summed E-state index contributed by atoms with van der Waals surface area (Å²) in [6.45, 7) is 4.07. The highest BCUT2D eigenvalue weighted by Crippen LogP contribution is 2.23. The third kappa shape index (κ3) is 3.08. The number of aryl methyl sites for hydroxylation is 2. The molecule has 1 heterocycles. The van der Waals surface area contributed by atoms with Crippen molar-refractivity contribution < 1.29 is 4.79 Å². The van der Waals surface area contributed by atoms with Crippen molar-refractivity contribution in [3.8, 4) is 0 Å². The first kappa shape index (κ1) is 14.3. The summed E-state index contributed by atoms with van der Waals surface area (Å²) in [5.41, 5.74) is 3.24. The molecule has 2 rings (SSSR count). The summed E-state index contributed by atoms with van der Waals surface area (Å²) in [5, 5.41) is -0.381. The Balaban J connectivity index is 2.48. The first-order valence-corrected chi connectivity index (χ1v) is 7.33. The van der Waals surface area contributed by atoms with E-state index >= 15 is 0 Å². The van der Waals surface area contributed by atoms with Crippen LogP contribution in [0.25, 0.3) is 0 Å². The monoisotopic (exact) mass is 281 g/mol. The normalized spacial score (nSPS) is 14.5. The predicted octanol–water partition coefficient (Wildman–Crippen LogP) is 3.01. The zero-order valence-electron chi connectivity index (χ0n) is 11.5. The summed E-state index contributed by atoms with van der Waals surface area (Å²) in [6, 6.07) is 2.15. The molecule has 0 radical (unpaired) electrons. The lowest BCUT2D eigenvalue weighted by molar-refractivity contribution is -0.111. The Kier molecular flexibility index (Phi) is 4.46. The first-order valence-electron chi connectivity index (χ1n) is 6.95. The fourth-order valence-electron chi connectivity index (χ4n) is 2.85. The molecule has 0 spiro atoms. The van der Waals surface area contributed by atoms with Gasteiger partial charge in [0.2, 0.25) is 5.24 Å². The Bertz CT molecular complexity index is 546. The van der Waals surface area contributed by atoms with Gasteiger partial charge in [-0.15, -0.1) is 0 Å². The number of aromatic nitrogens is 1. The van der Waals surface area contributed by atoms with Crippen LogP contribution in [0.1, 0.15) is 56.0 Å². The van der Waals surface area contributed by atoms with Crippen molar-refractivity contribution in [1.29, 1.82) is 0 Å². The lowest BCUT2D eigenvalue weighted by Gasteiger charge is -2.24. The molecule has 0 saturated carbocycles. The van der Waals surface area contributed by atoms with Crippen molar-refractivity contribution in [2.45, 2.75) is 58.4 Å². The molecular weight excluding hydrogens is 262 g/mol. The summed E-state index contributed by atoms with van der Waals surface area (Å²) < 4.78 is 1.91. The predicted molar refractivity (Wildman–Crippen MR) is 76.9 cm³/mol. The highest BCUT2D eigenvalue weighted by Gasteiger charge is 2.19. The molecule has 19 heavy (non-hydrogen) atoms. The Morgan fingerprint density at radius 1 is 1.37 bits per heavy atom. The van der Waals surface area contributed by atoms with Crippen LogP contribution in [0.4, 0.5) is 0 Å². The molecule has 0 unspecified atom stereocenters. The second-order valence-corrected chi connectivity index (χ2v) is 5.89. The SMILES string of the molecule is CC(C)n1c2c(cc(CCC(=O)Cl)c1=O)CCCC2. The maximum absolute atomic E-state index is 12.5. The molecule has 0 atom stereocenters. The molecule has 0 aromatic carbocycles. The number of pyridine rings is 1. The number of halogens is 1. The van der Waals surface area contributed by atoms with Crippen LogP contribution >= 0.6 is 11.6 Å². The van der Waals surface area contributed by atoms with Crippen LogP contribution in [0.3, 0.4) is 0 Å². The summed E-state index contributed by atoms with van der Waals surface area (Å²) in [7, 11) is 0. The van der Waals surface area contributed by atoms with Crippen molar-refractivity contribution in [3.63, 3.8) is 0 Å². The molecule has 0 N–H and O–H groups in total. The molecule has 104 valence electrons. The third-order valence-electron chi connectivity index (χ3n) is 3.72. The minimum Gasteiger partial charge on any atom is -0.310 e. The molecule has 0 bridgehead atoms. The minimum absolute atomic E-state index is 0.0496. The van der Waals surface area contributed by atoms with Crippen molar-refractivity contribution >= 4 is 16.8 Å². The number of nitrogens with zero attached hydrogens (tertiary/aromatic N) is 1. The highest BCUT2D eigenvalue weighted by atomic mass is 35.5. The van der Waals surface area contributed by atoms with Gasteiger partial charge in [-0.3, -0.25) is 9.59 Å². The number of carbonyl (C=O) groups is 1. The van der Waals surface area contributed by atoms with Gasteiger partial charge in [-0.2, -0.15) is 0 Å². The van der Waals surface area contributed by atoms with Crippen molar-refractivity contribution in [2.75, 3.05) is 0 Å². The molecule has 0 amide bonds. The van der Waals surface area contributed by atoms with Gasteiger partial charge >= 0.3 is 0 Å². The molecule has 1 aromatic rings. The maximum Gasteiger partial charge on any atom is 0.254 e. The Hall–Kier alpha value is -1.09. The molecule has 1 aromatic heterocycles. The van der Waals surface area contributed by atoms with Gasteiger partial charge in [-0.1, -0.05) is 0 Å². The third-order valence-corrected chi connectivity index (χ3v) is 3.91. The Morgan fingerprint density at radius 2 is 2.05 bits per heavy atom. The van der Waals surface area contributed by atoms with Crippen molar-refractivity contribution in [2.24, 2.45) is 0 Å². The standard InChI is InChI=1S/C15H20ClNO2/c1-10(2)17-13-6-4-3-5-11(13)9-12(15(17)19)7-8-14(16)18/h9-10H,3-8H2,1-2H3. The molecule has 1 aliphatic carbocycles. The number of carbonyl (C=O) groups excluding carboxylic acids is 1. The van der Waals surface area contributed by atoms with E-state index in [0.717, 1.165) is 24.8 Å². The Morgan fingerprint density at radius 3 is 2.68 bits per heavy atom. The average Bonchev–Trinajstić information content (AvgIpc) is 2.35. The van der Waals surface area contributed by atoms with Crippen molar-refractivity contribution in [1.82, 2.24) is 4.57 Å². The number of fused-ring (bicyclic) bond motifs is 1. The molecular formula is C15H20ClNO2. The van der Waals surface area contributed by atoms with E-state index in [-0.39, 0.29) is 23.3 Å². The van der Waals surface area contributed by atoms with Crippen LogP contribution < -0.4 is 5.56 Å². The van der Waals surface area contributed by atoms with E-state index in [4.69, 9.17) is 11.6 Å². The van der Waals surface area contributed by atoms with E-state index in [1.54, 1.807) is 0 Å². The van der Waals surface area contributed by atoms with E-state index in [0.29, 0.717) is 6.42 Å². The smallest absolute Gasteiger partial charge is 0.254 e. The fraction of sp³-hybridized carbons (Fsp3) is 0.600. The quantitative estimate of drug-likeness (QED) is 0.796. The number of hydrogen-bond donors (Lipinski definition) is 0.